The number of nitrogens with one attached hydrogen (secondary N) is 2. The number of H-pyrrole nitrogens is 1. The number of aromatic nitrogens is 1. The molecule has 24 heavy (non-hydrogen) atoms. The van der Waals surface area contributed by atoms with Gasteiger partial charge in [-0.15, -0.1) is 0 Å². The fraction of sp³-hybridized carbons (Fsp3) is 0.118. The van der Waals surface area contributed by atoms with E-state index in [1.165, 1.54) is 0 Å². The lowest BCUT2D eigenvalue weighted by atomic mass is 10.2. The van der Waals surface area contributed by atoms with E-state index in [2.05, 4.69) is 9.71 Å². The molecule has 1 atom stereocenters. The first kappa shape index (κ1) is 16.7. The molecule has 3 rings (SSSR count). The molecule has 7 heteroatoms. The Morgan fingerprint density at radius 2 is 1.96 bits per heavy atom. The molecule has 0 fully saturated rings. The Morgan fingerprint density at radius 1 is 1.21 bits per heavy atom. The fourth-order valence-electron chi connectivity index (χ4n) is 2.51. The average molecular weight is 362 g/mol. The molecule has 124 valence electrons. The van der Waals surface area contributed by atoms with Crippen LogP contribution < -0.4 is 10.5 Å². The van der Waals surface area contributed by atoms with Gasteiger partial charge >= 0.3 is 0 Å². The first-order valence-electron chi connectivity index (χ1n) is 7.36. The normalized spacial score (nSPS) is 12.4. The van der Waals surface area contributed by atoms with Crippen LogP contribution >= 0.6 is 11.6 Å². The summed E-state index contributed by atoms with van der Waals surface area (Å²) in [5.41, 5.74) is 7.35. The standard InChI is InChI=1S/C17H16ClN3O2S/c18-12-6-7-14-13(10-12)16(15(21-14)17(19)22)24(23)20-9-8-11-4-2-1-3-5-11/h1-7,10,20-21H,8-9H2,(H2,19,22). The van der Waals surface area contributed by atoms with Crippen LogP contribution in [0.5, 0.6) is 0 Å². The van der Waals surface area contributed by atoms with Crippen molar-refractivity contribution in [3.63, 3.8) is 0 Å². The minimum absolute atomic E-state index is 0.137. The summed E-state index contributed by atoms with van der Waals surface area (Å²) in [6, 6.07) is 15.0. The van der Waals surface area contributed by atoms with Crippen LogP contribution in [-0.4, -0.2) is 21.6 Å². The number of carbonyl (C=O) groups is 1. The van der Waals surface area contributed by atoms with Crippen molar-refractivity contribution < 1.29 is 9.00 Å². The van der Waals surface area contributed by atoms with Crippen molar-refractivity contribution in [2.24, 2.45) is 5.73 Å². The van der Waals surface area contributed by atoms with E-state index in [1.54, 1.807) is 18.2 Å². The Labute approximate surface area is 146 Å². The SMILES string of the molecule is NC(=O)c1[nH]c2ccc(Cl)cc2c1S(=O)NCCc1ccccc1. The highest BCUT2D eigenvalue weighted by Gasteiger charge is 2.21. The van der Waals surface area contributed by atoms with E-state index in [-0.39, 0.29) is 5.69 Å². The maximum atomic E-state index is 12.7. The summed E-state index contributed by atoms with van der Waals surface area (Å²) in [6.07, 6.45) is 0.724. The molecule has 0 aliphatic rings. The van der Waals surface area contributed by atoms with Crippen LogP contribution in [0.25, 0.3) is 10.9 Å². The van der Waals surface area contributed by atoms with E-state index in [4.69, 9.17) is 17.3 Å². The van der Waals surface area contributed by atoms with Crippen LogP contribution in [0.2, 0.25) is 5.02 Å². The van der Waals surface area contributed by atoms with Crippen molar-refractivity contribution in [3.05, 3.63) is 64.8 Å². The predicted molar refractivity (Wildman–Crippen MR) is 96.4 cm³/mol. The number of amides is 1. The van der Waals surface area contributed by atoms with Crippen molar-refractivity contribution in [2.45, 2.75) is 11.3 Å². The smallest absolute Gasteiger partial charge is 0.266 e. The van der Waals surface area contributed by atoms with Gasteiger partial charge in [-0.25, -0.2) is 8.93 Å². The van der Waals surface area contributed by atoms with Gasteiger partial charge in [0.2, 0.25) is 0 Å². The van der Waals surface area contributed by atoms with Crippen molar-refractivity contribution in [3.8, 4) is 0 Å². The predicted octanol–water partition coefficient (Wildman–Crippen LogP) is 2.78. The summed E-state index contributed by atoms with van der Waals surface area (Å²) >= 11 is 6.02. The molecule has 5 nitrogen and oxygen atoms in total. The highest BCUT2D eigenvalue weighted by molar-refractivity contribution is 7.83. The Bertz CT molecular complexity index is 909. The van der Waals surface area contributed by atoms with Gasteiger partial charge in [-0.3, -0.25) is 4.79 Å². The number of fused-ring (bicyclic) bond motifs is 1. The van der Waals surface area contributed by atoms with Gasteiger partial charge in [-0.1, -0.05) is 41.9 Å². The van der Waals surface area contributed by atoms with Crippen molar-refractivity contribution in [1.29, 1.82) is 0 Å². The second-order valence-electron chi connectivity index (χ2n) is 5.28. The Hall–Kier alpha value is -2.15. The molecule has 1 amide bonds. The zero-order chi connectivity index (χ0) is 17.1. The number of hydrogen-bond acceptors (Lipinski definition) is 2. The van der Waals surface area contributed by atoms with Crippen LogP contribution in [0, 0.1) is 0 Å². The quantitative estimate of drug-likeness (QED) is 0.630. The maximum Gasteiger partial charge on any atom is 0.266 e. The number of hydrogen-bond donors (Lipinski definition) is 3. The molecule has 4 N–H and O–H groups in total. The van der Waals surface area contributed by atoms with E-state index < -0.39 is 16.9 Å². The second-order valence-corrected chi connectivity index (χ2v) is 6.95. The molecule has 0 radical (unpaired) electrons. The maximum absolute atomic E-state index is 12.7. The zero-order valence-corrected chi connectivity index (χ0v) is 14.3. The molecule has 0 saturated carbocycles. The van der Waals surface area contributed by atoms with Crippen molar-refractivity contribution >= 4 is 39.4 Å². The lowest BCUT2D eigenvalue weighted by Gasteiger charge is -2.06. The number of aromatic amines is 1. The van der Waals surface area contributed by atoms with Crippen LogP contribution in [0.1, 0.15) is 16.1 Å². The molecule has 1 aromatic heterocycles. The van der Waals surface area contributed by atoms with Crippen molar-refractivity contribution in [1.82, 2.24) is 9.71 Å². The molecule has 0 aliphatic carbocycles. The van der Waals surface area contributed by atoms with Crippen LogP contribution in [0.15, 0.2) is 53.4 Å². The summed E-state index contributed by atoms with van der Waals surface area (Å²) < 4.78 is 15.6. The highest BCUT2D eigenvalue weighted by atomic mass is 35.5. The third kappa shape index (κ3) is 3.51. The monoisotopic (exact) mass is 361 g/mol. The van der Waals surface area contributed by atoms with E-state index in [9.17, 15) is 9.00 Å². The number of benzene rings is 2. The van der Waals surface area contributed by atoms with Gasteiger partial charge in [0.05, 0.1) is 4.90 Å². The summed E-state index contributed by atoms with van der Waals surface area (Å²) in [4.78, 5) is 14.9. The zero-order valence-electron chi connectivity index (χ0n) is 12.7. The van der Waals surface area contributed by atoms with E-state index in [1.807, 2.05) is 30.3 Å². The largest absolute Gasteiger partial charge is 0.364 e. The number of halogens is 1. The lowest BCUT2D eigenvalue weighted by Crippen LogP contribution is -2.23. The first-order valence-corrected chi connectivity index (χ1v) is 8.89. The minimum atomic E-state index is -1.58. The van der Waals surface area contributed by atoms with E-state index in [0.29, 0.717) is 27.4 Å². The molecular formula is C17H16ClN3O2S. The summed E-state index contributed by atoms with van der Waals surface area (Å²) in [5.74, 6) is -0.657. The van der Waals surface area contributed by atoms with Crippen molar-refractivity contribution in [2.75, 3.05) is 6.54 Å². The number of carbonyl (C=O) groups excluding carboxylic acids is 1. The molecule has 1 unspecified atom stereocenters. The first-order chi connectivity index (χ1) is 11.6. The molecule has 3 aromatic rings. The Kier molecular flexibility index (Phi) is 4.99. The Balaban J connectivity index is 1.84. The topological polar surface area (TPSA) is 88.0 Å². The number of rotatable bonds is 6. The van der Waals surface area contributed by atoms with Gasteiger partial charge in [-0.2, -0.15) is 0 Å². The van der Waals surface area contributed by atoms with Gasteiger partial charge in [0.25, 0.3) is 5.91 Å². The van der Waals surface area contributed by atoms with Gasteiger partial charge in [0.1, 0.15) is 16.7 Å². The second kappa shape index (κ2) is 7.17. The molecule has 0 saturated heterocycles. The van der Waals surface area contributed by atoms with E-state index >= 15 is 0 Å². The molecule has 2 aromatic carbocycles. The fourth-order valence-corrected chi connectivity index (χ4v) is 3.82. The average Bonchev–Trinajstić information content (AvgIpc) is 2.94. The minimum Gasteiger partial charge on any atom is -0.364 e. The van der Waals surface area contributed by atoms with Gasteiger partial charge in [0, 0.05) is 22.5 Å². The van der Waals surface area contributed by atoms with Gasteiger partial charge < -0.3 is 10.7 Å². The molecular weight excluding hydrogens is 346 g/mol. The van der Waals surface area contributed by atoms with Crippen LogP contribution in [0.3, 0.4) is 0 Å². The van der Waals surface area contributed by atoms with Crippen LogP contribution in [0.4, 0.5) is 0 Å². The van der Waals surface area contributed by atoms with Gasteiger partial charge in [-0.05, 0) is 30.2 Å². The molecule has 0 spiro atoms. The third-order valence-electron chi connectivity index (χ3n) is 3.63. The summed E-state index contributed by atoms with van der Waals surface area (Å²) in [6.45, 7) is 0.502. The molecule has 0 aliphatic heterocycles. The van der Waals surface area contributed by atoms with Gasteiger partial charge in [0.15, 0.2) is 0 Å². The highest BCUT2D eigenvalue weighted by Crippen LogP contribution is 2.27. The van der Waals surface area contributed by atoms with E-state index in [0.717, 1.165) is 12.0 Å². The third-order valence-corrected chi connectivity index (χ3v) is 5.13. The molecule has 0 bridgehead atoms. The van der Waals surface area contributed by atoms with Crippen LogP contribution in [-0.2, 0) is 17.4 Å². The number of primary amides is 1. The summed E-state index contributed by atoms with van der Waals surface area (Å²) in [5, 5.41) is 1.13. The molecule has 1 heterocycles. The Morgan fingerprint density at radius 3 is 2.67 bits per heavy atom. The lowest BCUT2D eigenvalue weighted by molar-refractivity contribution is 0.0993. The summed E-state index contributed by atoms with van der Waals surface area (Å²) in [7, 11) is -1.58. The number of nitrogens with two attached hydrogens (primary N) is 1.